The van der Waals surface area contributed by atoms with Crippen LogP contribution in [0.4, 0.5) is 11.8 Å². The van der Waals surface area contributed by atoms with Crippen molar-refractivity contribution < 1.29 is 17.9 Å². The molecule has 0 spiro atoms. The van der Waals surface area contributed by atoms with E-state index in [1.165, 1.54) is 0 Å². The fraction of sp³-hybridized carbons (Fsp3) is 0.556. The lowest BCUT2D eigenvalue weighted by atomic mass is 10.1. The van der Waals surface area contributed by atoms with Crippen LogP contribution < -0.4 is 24.8 Å². The van der Waals surface area contributed by atoms with E-state index >= 15 is 0 Å². The van der Waals surface area contributed by atoms with Crippen molar-refractivity contribution in [2.45, 2.75) is 32.2 Å². The number of sulfonamides is 1. The number of nitrogens with two attached hydrogens (primary N) is 1. The number of ether oxygens (including phenoxy) is 2. The molecule has 1 fully saturated rings. The zero-order valence-corrected chi connectivity index (χ0v) is 17.3. The summed E-state index contributed by atoms with van der Waals surface area (Å²) in [6, 6.07) is 3.48. The number of fused-ring (bicyclic) bond motifs is 1. The predicted molar refractivity (Wildman–Crippen MR) is 110 cm³/mol. The Morgan fingerprint density at radius 2 is 1.82 bits per heavy atom. The second-order valence-corrected chi connectivity index (χ2v) is 8.70. The van der Waals surface area contributed by atoms with Crippen LogP contribution in [0.3, 0.4) is 0 Å². The number of nitrogen functional groups attached to an aromatic ring is 1. The van der Waals surface area contributed by atoms with Gasteiger partial charge in [-0.05, 0) is 25.3 Å². The van der Waals surface area contributed by atoms with E-state index in [2.05, 4.69) is 14.7 Å². The van der Waals surface area contributed by atoms with Gasteiger partial charge < -0.3 is 20.1 Å². The number of aromatic nitrogens is 2. The van der Waals surface area contributed by atoms with Crippen LogP contribution in [0.2, 0.25) is 0 Å². The lowest BCUT2D eigenvalue weighted by Gasteiger charge is -2.32. The van der Waals surface area contributed by atoms with Gasteiger partial charge in [-0.1, -0.05) is 6.92 Å². The van der Waals surface area contributed by atoms with Crippen molar-refractivity contribution in [3.8, 4) is 11.5 Å². The molecule has 2 aromatic rings. The van der Waals surface area contributed by atoms with Crippen molar-refractivity contribution in [1.82, 2.24) is 14.7 Å². The van der Waals surface area contributed by atoms with Gasteiger partial charge in [0.1, 0.15) is 5.82 Å². The van der Waals surface area contributed by atoms with E-state index in [1.54, 1.807) is 26.4 Å². The van der Waals surface area contributed by atoms with Gasteiger partial charge in [0.2, 0.25) is 16.0 Å². The number of rotatable bonds is 7. The Morgan fingerprint density at radius 3 is 2.43 bits per heavy atom. The first kappa shape index (κ1) is 20.4. The number of hydrogen-bond donors (Lipinski definition) is 2. The Hall–Kier alpha value is -2.33. The summed E-state index contributed by atoms with van der Waals surface area (Å²) in [5, 5.41) is 0.698. The van der Waals surface area contributed by atoms with Gasteiger partial charge in [0.05, 0.1) is 25.5 Å². The first-order valence-corrected chi connectivity index (χ1v) is 11.0. The number of hydrogen-bond acceptors (Lipinski definition) is 8. The van der Waals surface area contributed by atoms with E-state index in [4.69, 9.17) is 15.2 Å². The maximum absolute atomic E-state index is 12.0. The fourth-order valence-corrected chi connectivity index (χ4v) is 4.79. The molecule has 1 saturated heterocycles. The molecule has 28 heavy (non-hydrogen) atoms. The van der Waals surface area contributed by atoms with Gasteiger partial charge >= 0.3 is 0 Å². The molecule has 3 N–H and O–H groups in total. The van der Waals surface area contributed by atoms with E-state index in [0.717, 1.165) is 0 Å². The first-order valence-electron chi connectivity index (χ1n) is 9.31. The van der Waals surface area contributed by atoms with Crippen molar-refractivity contribution in [3.05, 3.63) is 12.1 Å². The molecule has 0 amide bonds. The number of nitrogens with zero attached hydrogens (tertiary/aromatic N) is 3. The highest BCUT2D eigenvalue weighted by molar-refractivity contribution is 7.89. The van der Waals surface area contributed by atoms with Gasteiger partial charge in [-0.25, -0.2) is 18.1 Å². The first-order chi connectivity index (χ1) is 13.4. The van der Waals surface area contributed by atoms with Gasteiger partial charge in [-0.2, -0.15) is 4.98 Å². The largest absolute Gasteiger partial charge is 0.493 e. The molecule has 1 aliphatic heterocycles. The normalized spacial score (nSPS) is 15.8. The molecular weight excluding hydrogens is 382 g/mol. The summed E-state index contributed by atoms with van der Waals surface area (Å²) in [6.45, 7) is 3.16. The third-order valence-corrected chi connectivity index (χ3v) is 6.45. The summed E-state index contributed by atoms with van der Waals surface area (Å²) in [4.78, 5) is 11.1. The van der Waals surface area contributed by atoms with E-state index < -0.39 is 10.0 Å². The Balaban J connectivity index is 1.78. The zero-order valence-electron chi connectivity index (χ0n) is 16.4. The van der Waals surface area contributed by atoms with Crippen molar-refractivity contribution in [3.63, 3.8) is 0 Å². The van der Waals surface area contributed by atoms with Crippen LogP contribution >= 0.6 is 0 Å². The van der Waals surface area contributed by atoms with E-state index in [-0.39, 0.29) is 11.8 Å². The molecule has 0 bridgehead atoms. The topological polar surface area (TPSA) is 120 Å². The highest BCUT2D eigenvalue weighted by Gasteiger charge is 2.25. The number of piperidine rings is 1. The van der Waals surface area contributed by atoms with Crippen LogP contribution in [-0.4, -0.2) is 57.5 Å². The minimum atomic E-state index is -3.21. The van der Waals surface area contributed by atoms with Crippen molar-refractivity contribution >= 4 is 32.7 Å². The van der Waals surface area contributed by atoms with Crippen LogP contribution in [0.1, 0.15) is 26.2 Å². The van der Waals surface area contributed by atoms with Crippen molar-refractivity contribution in [2.75, 3.05) is 43.7 Å². The van der Waals surface area contributed by atoms with Crippen LogP contribution in [0.5, 0.6) is 11.5 Å². The molecule has 0 atom stereocenters. The summed E-state index contributed by atoms with van der Waals surface area (Å²) in [5.41, 5.74) is 6.83. The molecule has 3 rings (SSSR count). The smallest absolute Gasteiger partial charge is 0.227 e. The Morgan fingerprint density at radius 1 is 1.18 bits per heavy atom. The molecule has 1 aliphatic rings. The minimum Gasteiger partial charge on any atom is -0.493 e. The highest BCUT2D eigenvalue weighted by atomic mass is 32.2. The number of anilines is 2. The van der Waals surface area contributed by atoms with Crippen molar-refractivity contribution in [2.24, 2.45) is 0 Å². The maximum Gasteiger partial charge on any atom is 0.227 e. The molecule has 0 saturated carbocycles. The van der Waals surface area contributed by atoms with Gasteiger partial charge in [0.15, 0.2) is 11.5 Å². The average Bonchev–Trinajstić information content (AvgIpc) is 2.67. The van der Waals surface area contributed by atoms with E-state index in [1.807, 2.05) is 11.8 Å². The molecule has 154 valence electrons. The minimum absolute atomic E-state index is 0.0602. The molecule has 2 heterocycles. The monoisotopic (exact) mass is 409 g/mol. The Bertz CT molecular complexity index is 943. The molecule has 9 nitrogen and oxygen atoms in total. The second-order valence-electron chi connectivity index (χ2n) is 6.83. The van der Waals surface area contributed by atoms with Crippen LogP contribution in [0, 0.1) is 0 Å². The second kappa shape index (κ2) is 8.36. The molecular formula is C18H27N5O4S. The number of nitrogens with one attached hydrogen (secondary N) is 1. The Kier molecular flexibility index (Phi) is 6.09. The summed E-state index contributed by atoms with van der Waals surface area (Å²) in [6.07, 6.45) is 1.99. The molecule has 0 radical (unpaired) electrons. The van der Waals surface area contributed by atoms with Gasteiger partial charge in [-0.3, -0.25) is 0 Å². The molecule has 1 aromatic heterocycles. The third kappa shape index (κ3) is 4.39. The highest BCUT2D eigenvalue weighted by Crippen LogP contribution is 2.34. The SMILES string of the molecule is CCCS(=O)(=O)NC1CCN(c2nc(N)c3cc(OC)c(OC)cc3n2)CC1. The lowest BCUT2D eigenvalue weighted by Crippen LogP contribution is -2.45. The summed E-state index contributed by atoms with van der Waals surface area (Å²) < 4.78 is 37.4. The molecule has 0 aliphatic carbocycles. The van der Waals surface area contributed by atoms with Gasteiger partial charge in [-0.15, -0.1) is 0 Å². The summed E-state index contributed by atoms with van der Waals surface area (Å²) >= 11 is 0. The standard InChI is InChI=1S/C18H27N5O4S/c1-4-9-28(24,25)22-12-5-7-23(8-6-12)18-20-14-11-16(27-3)15(26-2)10-13(14)17(19)21-18/h10-12,22H,4-9H2,1-3H3,(H2,19,20,21). The van der Waals surface area contributed by atoms with Gasteiger partial charge in [0.25, 0.3) is 0 Å². The number of methoxy groups -OCH3 is 2. The number of benzene rings is 1. The molecule has 0 unspecified atom stereocenters. The van der Waals surface area contributed by atoms with Gasteiger partial charge in [0, 0.05) is 30.6 Å². The van der Waals surface area contributed by atoms with Crippen molar-refractivity contribution in [1.29, 1.82) is 0 Å². The summed E-state index contributed by atoms with van der Waals surface area (Å²) in [5.74, 6) is 2.20. The maximum atomic E-state index is 12.0. The third-order valence-electron chi connectivity index (χ3n) is 4.82. The quantitative estimate of drug-likeness (QED) is 0.706. The zero-order chi connectivity index (χ0) is 20.3. The average molecular weight is 410 g/mol. The van der Waals surface area contributed by atoms with Crippen LogP contribution in [0.15, 0.2) is 12.1 Å². The van der Waals surface area contributed by atoms with E-state index in [0.29, 0.717) is 66.5 Å². The predicted octanol–water partition coefficient (Wildman–Crippen LogP) is 1.53. The Labute approximate surface area is 165 Å². The lowest BCUT2D eigenvalue weighted by molar-refractivity contribution is 0.356. The van der Waals surface area contributed by atoms with Crippen LogP contribution in [0.25, 0.3) is 10.9 Å². The molecule has 1 aromatic carbocycles. The van der Waals surface area contributed by atoms with E-state index in [9.17, 15) is 8.42 Å². The van der Waals surface area contributed by atoms with Crippen LogP contribution in [-0.2, 0) is 10.0 Å². The molecule has 10 heteroatoms. The summed E-state index contributed by atoms with van der Waals surface area (Å²) in [7, 11) is -0.0763. The fourth-order valence-electron chi connectivity index (χ4n) is 3.39.